The maximum absolute atomic E-state index is 12.7. The molecule has 3 aromatic rings. The number of piperidine rings is 1. The van der Waals surface area contributed by atoms with Crippen LogP contribution in [0.2, 0.25) is 15.1 Å². The quantitative estimate of drug-likeness (QED) is 0.612. The molecular formula is C21H19Cl3N4O2. The Morgan fingerprint density at radius 1 is 1.13 bits per heavy atom. The number of rotatable bonds is 4. The summed E-state index contributed by atoms with van der Waals surface area (Å²) in [4.78, 5) is 33.5. The predicted octanol–water partition coefficient (Wildman–Crippen LogP) is 4.60. The van der Waals surface area contributed by atoms with E-state index in [1.165, 1.54) is 12.3 Å². The summed E-state index contributed by atoms with van der Waals surface area (Å²) in [7, 11) is 0. The van der Waals surface area contributed by atoms with Crippen molar-refractivity contribution in [1.82, 2.24) is 19.4 Å². The Bertz CT molecular complexity index is 1130. The molecule has 1 fully saturated rings. The van der Waals surface area contributed by atoms with Gasteiger partial charge in [-0.25, -0.2) is 4.98 Å². The second-order valence-electron chi connectivity index (χ2n) is 7.28. The first-order valence-corrected chi connectivity index (χ1v) is 10.7. The summed E-state index contributed by atoms with van der Waals surface area (Å²) in [5.74, 6) is 0.865. The van der Waals surface area contributed by atoms with Gasteiger partial charge in [0.25, 0.3) is 11.5 Å². The Balaban J connectivity index is 1.46. The fraction of sp³-hybridized carbons (Fsp3) is 0.286. The van der Waals surface area contributed by atoms with E-state index in [4.69, 9.17) is 34.8 Å². The molecule has 6 nitrogen and oxygen atoms in total. The summed E-state index contributed by atoms with van der Waals surface area (Å²) in [5.41, 5.74) is 0.565. The second-order valence-corrected chi connectivity index (χ2v) is 8.56. The number of hydrogen-bond acceptors (Lipinski definition) is 3. The highest BCUT2D eigenvalue weighted by molar-refractivity contribution is 6.33. The molecule has 0 saturated carbocycles. The second kappa shape index (κ2) is 8.84. The number of H-pyrrole nitrogens is 1. The number of carbonyl (C=O) groups excluding carboxylic acids is 1. The van der Waals surface area contributed by atoms with Crippen molar-refractivity contribution in [2.45, 2.75) is 25.3 Å². The molecular weight excluding hydrogens is 447 g/mol. The van der Waals surface area contributed by atoms with Gasteiger partial charge in [0.05, 0.1) is 11.6 Å². The molecule has 0 atom stereocenters. The normalized spacial score (nSPS) is 14.8. The lowest BCUT2D eigenvalue weighted by atomic mass is 9.95. The number of nitrogens with one attached hydrogen (secondary N) is 1. The van der Waals surface area contributed by atoms with Gasteiger partial charge >= 0.3 is 0 Å². The molecule has 2 aromatic heterocycles. The predicted molar refractivity (Wildman–Crippen MR) is 118 cm³/mol. The van der Waals surface area contributed by atoms with Crippen molar-refractivity contribution in [3.05, 3.63) is 85.2 Å². The van der Waals surface area contributed by atoms with E-state index in [1.807, 2.05) is 12.3 Å². The molecule has 30 heavy (non-hydrogen) atoms. The lowest BCUT2D eigenvalue weighted by molar-refractivity contribution is 0.0708. The van der Waals surface area contributed by atoms with Crippen LogP contribution in [0.5, 0.6) is 0 Å². The van der Waals surface area contributed by atoms with Gasteiger partial charge in [0, 0.05) is 47.6 Å². The monoisotopic (exact) mass is 464 g/mol. The van der Waals surface area contributed by atoms with Crippen LogP contribution in [0.3, 0.4) is 0 Å². The minimum absolute atomic E-state index is 0.0676. The number of amides is 1. The first kappa shape index (κ1) is 21.0. The van der Waals surface area contributed by atoms with Crippen LogP contribution in [0.4, 0.5) is 0 Å². The van der Waals surface area contributed by atoms with Gasteiger partial charge in [-0.05, 0) is 42.7 Å². The molecule has 3 heterocycles. The average molecular weight is 466 g/mol. The van der Waals surface area contributed by atoms with E-state index in [0.29, 0.717) is 34.7 Å². The fourth-order valence-corrected chi connectivity index (χ4v) is 4.33. The van der Waals surface area contributed by atoms with E-state index in [1.54, 1.807) is 23.2 Å². The summed E-state index contributed by atoms with van der Waals surface area (Å²) in [5, 5.41) is 1.62. The SMILES string of the molecule is O=C(c1cc(Cl)c[nH]c1=O)N1CCC(c2nccn2Cc2cc(Cl)ccc2Cl)CC1. The molecule has 0 aliphatic carbocycles. The molecule has 0 radical (unpaired) electrons. The molecule has 1 aliphatic heterocycles. The molecule has 1 aromatic carbocycles. The van der Waals surface area contributed by atoms with E-state index in [-0.39, 0.29) is 17.4 Å². The number of likely N-dealkylation sites (tertiary alicyclic amines) is 1. The van der Waals surface area contributed by atoms with Gasteiger partial charge in [-0.2, -0.15) is 0 Å². The molecule has 156 valence electrons. The lowest BCUT2D eigenvalue weighted by Gasteiger charge is -2.32. The molecule has 1 saturated heterocycles. The van der Waals surface area contributed by atoms with E-state index in [2.05, 4.69) is 14.5 Å². The first-order chi connectivity index (χ1) is 14.4. The van der Waals surface area contributed by atoms with Crippen LogP contribution in [0.25, 0.3) is 0 Å². The maximum atomic E-state index is 12.7. The number of carbonyl (C=O) groups is 1. The van der Waals surface area contributed by atoms with Crippen LogP contribution < -0.4 is 5.56 Å². The third-order valence-electron chi connectivity index (χ3n) is 5.34. The Kier molecular flexibility index (Phi) is 6.18. The number of aromatic nitrogens is 3. The zero-order valence-corrected chi connectivity index (χ0v) is 18.2. The van der Waals surface area contributed by atoms with Crippen LogP contribution in [0.15, 0.2) is 47.7 Å². The average Bonchev–Trinajstić information content (AvgIpc) is 3.20. The van der Waals surface area contributed by atoms with Gasteiger partial charge in [0.2, 0.25) is 0 Å². The Labute approximate surface area is 188 Å². The van der Waals surface area contributed by atoms with E-state index >= 15 is 0 Å². The van der Waals surface area contributed by atoms with E-state index in [0.717, 1.165) is 24.2 Å². The van der Waals surface area contributed by atoms with Crippen molar-refractivity contribution in [1.29, 1.82) is 0 Å². The van der Waals surface area contributed by atoms with Gasteiger partial charge in [-0.3, -0.25) is 9.59 Å². The fourth-order valence-electron chi connectivity index (χ4n) is 3.79. The van der Waals surface area contributed by atoms with Crippen LogP contribution in [-0.2, 0) is 6.54 Å². The Morgan fingerprint density at radius 3 is 2.67 bits per heavy atom. The third kappa shape index (κ3) is 4.41. The van der Waals surface area contributed by atoms with Gasteiger partial charge < -0.3 is 14.5 Å². The van der Waals surface area contributed by atoms with E-state index in [9.17, 15) is 9.59 Å². The first-order valence-electron chi connectivity index (χ1n) is 9.55. The summed E-state index contributed by atoms with van der Waals surface area (Å²) >= 11 is 18.3. The summed E-state index contributed by atoms with van der Waals surface area (Å²) in [6, 6.07) is 6.82. The van der Waals surface area contributed by atoms with Gasteiger partial charge in [-0.15, -0.1) is 0 Å². The smallest absolute Gasteiger partial charge is 0.260 e. The number of pyridine rings is 1. The topological polar surface area (TPSA) is 71.0 Å². The van der Waals surface area contributed by atoms with Crippen molar-refractivity contribution >= 4 is 40.7 Å². The molecule has 1 aliphatic rings. The van der Waals surface area contributed by atoms with Crippen molar-refractivity contribution in [3.8, 4) is 0 Å². The molecule has 0 unspecified atom stereocenters. The Hall–Kier alpha value is -2.28. The highest BCUT2D eigenvalue weighted by Gasteiger charge is 2.28. The number of nitrogens with zero attached hydrogens (tertiary/aromatic N) is 3. The summed E-state index contributed by atoms with van der Waals surface area (Å²) in [6.07, 6.45) is 6.58. The molecule has 1 amide bonds. The standard InChI is InChI=1S/C21H19Cl3N4O2/c22-15-1-2-18(24)14(9-15)12-28-8-5-25-19(28)13-3-6-27(7-4-13)21(30)17-10-16(23)11-26-20(17)29/h1-2,5,8-11,13H,3-4,6-7,12H2,(H,26,29). The van der Waals surface area contributed by atoms with Crippen LogP contribution in [-0.4, -0.2) is 38.4 Å². The number of imidazole rings is 1. The highest BCUT2D eigenvalue weighted by Crippen LogP contribution is 2.29. The largest absolute Gasteiger partial charge is 0.338 e. The minimum atomic E-state index is -0.430. The molecule has 0 bridgehead atoms. The third-order valence-corrected chi connectivity index (χ3v) is 6.16. The van der Waals surface area contributed by atoms with Crippen LogP contribution in [0.1, 0.15) is 40.5 Å². The zero-order valence-electron chi connectivity index (χ0n) is 15.9. The number of aromatic amines is 1. The van der Waals surface area contributed by atoms with Crippen LogP contribution >= 0.6 is 34.8 Å². The summed E-state index contributed by atoms with van der Waals surface area (Å²) in [6.45, 7) is 1.66. The molecule has 4 rings (SSSR count). The minimum Gasteiger partial charge on any atom is -0.338 e. The lowest BCUT2D eigenvalue weighted by Crippen LogP contribution is -2.40. The zero-order chi connectivity index (χ0) is 21.3. The van der Waals surface area contributed by atoms with Gasteiger partial charge in [-0.1, -0.05) is 34.8 Å². The number of benzene rings is 1. The Morgan fingerprint density at radius 2 is 1.90 bits per heavy atom. The van der Waals surface area contributed by atoms with Crippen molar-refractivity contribution < 1.29 is 4.79 Å². The van der Waals surface area contributed by atoms with Crippen molar-refractivity contribution in [3.63, 3.8) is 0 Å². The highest BCUT2D eigenvalue weighted by atomic mass is 35.5. The number of hydrogen-bond donors (Lipinski definition) is 1. The summed E-state index contributed by atoms with van der Waals surface area (Å²) < 4.78 is 2.07. The van der Waals surface area contributed by atoms with Gasteiger partial charge in [0.15, 0.2) is 0 Å². The van der Waals surface area contributed by atoms with Crippen molar-refractivity contribution in [2.24, 2.45) is 0 Å². The molecule has 0 spiro atoms. The van der Waals surface area contributed by atoms with Crippen LogP contribution in [0, 0.1) is 0 Å². The van der Waals surface area contributed by atoms with E-state index < -0.39 is 5.56 Å². The number of halogens is 3. The van der Waals surface area contributed by atoms with Gasteiger partial charge in [0.1, 0.15) is 11.4 Å². The molecule has 1 N–H and O–H groups in total. The molecule has 9 heteroatoms. The maximum Gasteiger partial charge on any atom is 0.260 e. The van der Waals surface area contributed by atoms with Crippen molar-refractivity contribution in [2.75, 3.05) is 13.1 Å².